The molecule has 1 heterocycles. The zero-order valence-corrected chi connectivity index (χ0v) is 7.71. The Morgan fingerprint density at radius 2 is 2.44 bits per heavy atom. The fourth-order valence-corrected chi connectivity index (χ4v) is 1.14. The lowest BCUT2D eigenvalue weighted by Gasteiger charge is -1.86. The summed E-state index contributed by atoms with van der Waals surface area (Å²) in [5.74, 6) is 0. The van der Waals surface area contributed by atoms with Gasteiger partial charge in [0.1, 0.15) is 0 Å². The summed E-state index contributed by atoms with van der Waals surface area (Å²) in [5.41, 5.74) is 1.17. The van der Waals surface area contributed by atoms with Crippen molar-refractivity contribution < 1.29 is 0 Å². The molecule has 0 saturated heterocycles. The molecule has 0 fully saturated rings. The highest BCUT2D eigenvalue weighted by Crippen LogP contribution is 2.05. The molecule has 0 spiro atoms. The quantitative estimate of drug-likeness (QED) is 0.677. The van der Waals surface area contributed by atoms with Gasteiger partial charge in [-0.15, -0.1) is 0 Å². The van der Waals surface area contributed by atoms with E-state index in [9.17, 15) is 0 Å². The predicted octanol–water partition coefficient (Wildman–Crippen LogP) is 1.59. The monoisotopic (exact) mass is 236 g/mol. The Labute approximate surface area is 68.4 Å². The van der Waals surface area contributed by atoms with Crippen molar-refractivity contribution >= 4 is 22.6 Å². The van der Waals surface area contributed by atoms with Crippen LogP contribution in [0.15, 0.2) is 6.07 Å². The Balaban J connectivity index is 2.98. The molecule has 3 heteroatoms. The Hall–Kier alpha value is -0.0600. The smallest absolute Gasteiger partial charge is 0.0988 e. The average Bonchev–Trinajstić information content (AvgIpc) is 2.13. The third kappa shape index (κ3) is 1.44. The minimum Gasteiger partial charge on any atom is -0.262 e. The summed E-state index contributed by atoms with van der Waals surface area (Å²) in [6, 6.07) is 2.10. The molecule has 0 atom stereocenters. The lowest BCUT2D eigenvalue weighted by atomic mass is 10.4. The number of hydrogen-bond donors (Lipinski definition) is 0. The number of aromatic nitrogens is 2. The lowest BCUT2D eigenvalue weighted by Crippen LogP contribution is -1.92. The van der Waals surface area contributed by atoms with E-state index in [0.29, 0.717) is 0 Å². The zero-order valence-electron chi connectivity index (χ0n) is 5.56. The van der Waals surface area contributed by atoms with Gasteiger partial charge in [0.25, 0.3) is 0 Å². The summed E-state index contributed by atoms with van der Waals surface area (Å²) in [6.45, 7) is 2.11. The second-order valence-electron chi connectivity index (χ2n) is 1.94. The molecule has 0 aromatic carbocycles. The lowest BCUT2D eigenvalue weighted by molar-refractivity contribution is 0.729. The van der Waals surface area contributed by atoms with Gasteiger partial charge in [0, 0.05) is 7.05 Å². The normalized spacial score (nSPS) is 10.1. The van der Waals surface area contributed by atoms with Gasteiger partial charge in [-0.25, -0.2) is 0 Å². The molecule has 0 aliphatic heterocycles. The van der Waals surface area contributed by atoms with Crippen LogP contribution in [0.2, 0.25) is 0 Å². The molecule has 50 valence electrons. The number of hydrogen-bond acceptors (Lipinski definition) is 1. The minimum atomic E-state index is 1.02. The highest BCUT2D eigenvalue weighted by atomic mass is 127. The number of halogens is 1. The van der Waals surface area contributed by atoms with Gasteiger partial charge in [-0.05, 0) is 35.1 Å². The molecule has 0 unspecified atom stereocenters. The van der Waals surface area contributed by atoms with Crippen LogP contribution in [0.3, 0.4) is 0 Å². The highest BCUT2D eigenvalue weighted by molar-refractivity contribution is 14.1. The maximum Gasteiger partial charge on any atom is 0.0988 e. The molecule has 2 nitrogen and oxygen atoms in total. The van der Waals surface area contributed by atoms with Crippen molar-refractivity contribution in [1.82, 2.24) is 9.78 Å². The Kier molecular flexibility index (Phi) is 2.10. The van der Waals surface area contributed by atoms with Gasteiger partial charge in [-0.3, -0.25) is 4.68 Å². The third-order valence-corrected chi connectivity index (χ3v) is 2.25. The van der Waals surface area contributed by atoms with E-state index >= 15 is 0 Å². The van der Waals surface area contributed by atoms with Gasteiger partial charge in [-0.1, -0.05) is 6.92 Å². The first-order valence-electron chi connectivity index (χ1n) is 2.92. The minimum absolute atomic E-state index is 1.02. The van der Waals surface area contributed by atoms with Gasteiger partial charge >= 0.3 is 0 Å². The van der Waals surface area contributed by atoms with Gasteiger partial charge in [-0.2, -0.15) is 5.10 Å². The van der Waals surface area contributed by atoms with E-state index in [2.05, 4.69) is 40.7 Å². The number of rotatable bonds is 1. The summed E-state index contributed by atoms with van der Waals surface area (Å²) < 4.78 is 3.09. The van der Waals surface area contributed by atoms with Crippen LogP contribution >= 0.6 is 22.6 Å². The van der Waals surface area contributed by atoms with E-state index in [0.717, 1.165) is 6.42 Å². The van der Waals surface area contributed by atoms with Gasteiger partial charge in [0.15, 0.2) is 0 Å². The first kappa shape index (κ1) is 7.05. The van der Waals surface area contributed by atoms with Crippen LogP contribution in [0.25, 0.3) is 0 Å². The third-order valence-electron chi connectivity index (χ3n) is 1.24. The van der Waals surface area contributed by atoms with Crippen LogP contribution in [-0.2, 0) is 13.5 Å². The van der Waals surface area contributed by atoms with Crippen molar-refractivity contribution in [2.75, 3.05) is 0 Å². The van der Waals surface area contributed by atoms with Gasteiger partial charge < -0.3 is 0 Å². The van der Waals surface area contributed by atoms with Crippen LogP contribution in [0.1, 0.15) is 12.6 Å². The van der Waals surface area contributed by atoms with E-state index in [4.69, 9.17) is 0 Å². The summed E-state index contributed by atoms with van der Waals surface area (Å²) in [6.07, 6.45) is 1.02. The summed E-state index contributed by atoms with van der Waals surface area (Å²) in [7, 11) is 1.96. The predicted molar refractivity (Wildman–Crippen MR) is 45.3 cm³/mol. The fourth-order valence-electron chi connectivity index (χ4n) is 0.673. The molecule has 0 aliphatic carbocycles. The van der Waals surface area contributed by atoms with E-state index in [1.54, 1.807) is 0 Å². The molecule has 0 aliphatic rings. The van der Waals surface area contributed by atoms with Crippen LogP contribution < -0.4 is 0 Å². The van der Waals surface area contributed by atoms with Gasteiger partial charge in [0.2, 0.25) is 0 Å². The van der Waals surface area contributed by atoms with Crippen molar-refractivity contribution in [3.8, 4) is 0 Å². The van der Waals surface area contributed by atoms with Crippen molar-refractivity contribution in [3.63, 3.8) is 0 Å². The zero-order chi connectivity index (χ0) is 6.85. The average molecular weight is 236 g/mol. The van der Waals surface area contributed by atoms with Crippen LogP contribution in [0.5, 0.6) is 0 Å². The van der Waals surface area contributed by atoms with Crippen molar-refractivity contribution in [2.45, 2.75) is 13.3 Å². The summed E-state index contributed by atoms with van der Waals surface area (Å²) >= 11 is 2.27. The molecule has 0 amide bonds. The Bertz CT molecular complexity index is 185. The maximum absolute atomic E-state index is 4.24. The largest absolute Gasteiger partial charge is 0.262 e. The van der Waals surface area contributed by atoms with Gasteiger partial charge in [0.05, 0.1) is 9.39 Å². The van der Waals surface area contributed by atoms with Crippen molar-refractivity contribution in [1.29, 1.82) is 0 Å². The van der Waals surface area contributed by atoms with E-state index < -0.39 is 0 Å². The number of nitrogens with zero attached hydrogens (tertiary/aromatic N) is 2. The second kappa shape index (κ2) is 2.68. The first-order valence-corrected chi connectivity index (χ1v) is 4.00. The molecule has 1 rings (SSSR count). The Morgan fingerprint density at radius 1 is 1.78 bits per heavy atom. The van der Waals surface area contributed by atoms with Crippen LogP contribution in [0.4, 0.5) is 0 Å². The van der Waals surface area contributed by atoms with E-state index in [1.807, 2.05) is 11.7 Å². The molecular formula is C6H9IN2. The summed E-state index contributed by atoms with van der Waals surface area (Å²) in [5, 5.41) is 4.24. The molecule has 0 bridgehead atoms. The molecule has 0 saturated carbocycles. The van der Waals surface area contributed by atoms with Crippen molar-refractivity contribution in [3.05, 3.63) is 15.5 Å². The number of aryl methyl sites for hydroxylation is 2. The SMILES string of the molecule is CCc1cc(I)n(C)n1. The molecular weight excluding hydrogens is 227 g/mol. The highest BCUT2D eigenvalue weighted by Gasteiger charge is 1.97. The topological polar surface area (TPSA) is 17.8 Å². The van der Waals surface area contributed by atoms with E-state index in [-0.39, 0.29) is 0 Å². The standard InChI is InChI=1S/C6H9IN2/c1-3-5-4-6(7)9(2)8-5/h4H,3H2,1-2H3. The molecule has 1 aromatic heterocycles. The van der Waals surface area contributed by atoms with Crippen molar-refractivity contribution in [2.24, 2.45) is 7.05 Å². The van der Waals surface area contributed by atoms with E-state index in [1.165, 1.54) is 9.39 Å². The van der Waals surface area contributed by atoms with Crippen LogP contribution in [-0.4, -0.2) is 9.78 Å². The fraction of sp³-hybridized carbons (Fsp3) is 0.500. The second-order valence-corrected chi connectivity index (χ2v) is 3.04. The molecule has 9 heavy (non-hydrogen) atoms. The Morgan fingerprint density at radius 3 is 2.67 bits per heavy atom. The molecule has 0 radical (unpaired) electrons. The maximum atomic E-state index is 4.24. The molecule has 1 aromatic rings. The first-order chi connectivity index (χ1) is 4.24. The van der Waals surface area contributed by atoms with Crippen LogP contribution in [0, 0.1) is 3.70 Å². The molecule has 0 N–H and O–H groups in total. The summed E-state index contributed by atoms with van der Waals surface area (Å²) in [4.78, 5) is 0.